The van der Waals surface area contributed by atoms with E-state index in [9.17, 15) is 0 Å². The average molecular weight is 266 g/mol. The first-order chi connectivity index (χ1) is 7.18. The van der Waals surface area contributed by atoms with Gasteiger partial charge in [0.1, 0.15) is 0 Å². The van der Waals surface area contributed by atoms with E-state index in [1.54, 1.807) is 12.5 Å². The fourth-order valence-electron chi connectivity index (χ4n) is 1.48. The second kappa shape index (κ2) is 4.16. The second-order valence-corrected chi connectivity index (χ2v) is 4.37. The number of benzene rings is 1. The molecule has 0 aliphatic rings. The van der Waals surface area contributed by atoms with Crippen molar-refractivity contribution < 1.29 is 0 Å². The average Bonchev–Trinajstić information content (AvgIpc) is 2.65. The summed E-state index contributed by atoms with van der Waals surface area (Å²) < 4.78 is 3.04. The monoisotopic (exact) mass is 265 g/mol. The molecule has 0 aliphatic heterocycles. The van der Waals surface area contributed by atoms with Crippen LogP contribution in [0.15, 0.2) is 41.3 Å². The maximum Gasteiger partial charge on any atom is 0.0994 e. The molecule has 0 unspecified atom stereocenters. The molecular weight excluding hydrogens is 254 g/mol. The first-order valence-corrected chi connectivity index (χ1v) is 5.51. The third-order valence-corrected chi connectivity index (χ3v) is 2.71. The molecule has 1 aromatic carbocycles. The third kappa shape index (κ3) is 2.11. The number of halogens is 1. The highest BCUT2D eigenvalue weighted by atomic mass is 79.9. The Kier molecular flexibility index (Phi) is 2.88. The molecule has 0 aliphatic carbocycles. The molecule has 0 radical (unpaired) electrons. The molecule has 78 valence electrons. The second-order valence-electron chi connectivity index (χ2n) is 3.46. The van der Waals surface area contributed by atoms with Crippen molar-refractivity contribution >= 4 is 15.9 Å². The van der Waals surface area contributed by atoms with Gasteiger partial charge in [-0.1, -0.05) is 22.0 Å². The van der Waals surface area contributed by atoms with Gasteiger partial charge in [-0.3, -0.25) is 0 Å². The molecule has 0 saturated heterocycles. The van der Waals surface area contributed by atoms with Gasteiger partial charge < -0.3 is 10.3 Å². The summed E-state index contributed by atoms with van der Waals surface area (Å²) in [6.07, 6.45) is 3.58. The number of hydrogen-bond acceptors (Lipinski definition) is 2. The standard InChI is InChI=1S/C11H12BrN3/c1-8(13)11-6-14-7-15(11)10-4-2-3-9(12)5-10/h2-8H,13H2,1H3/t8-/m0/s1. The highest BCUT2D eigenvalue weighted by molar-refractivity contribution is 9.10. The normalized spacial score (nSPS) is 12.7. The number of rotatable bonds is 2. The van der Waals surface area contributed by atoms with Crippen LogP contribution in [0, 0.1) is 0 Å². The quantitative estimate of drug-likeness (QED) is 0.908. The van der Waals surface area contributed by atoms with Crippen molar-refractivity contribution in [2.75, 3.05) is 0 Å². The topological polar surface area (TPSA) is 43.8 Å². The lowest BCUT2D eigenvalue weighted by Gasteiger charge is -2.10. The predicted octanol–water partition coefficient (Wildman–Crippen LogP) is 2.65. The molecule has 15 heavy (non-hydrogen) atoms. The Labute approximate surface area is 97.1 Å². The maximum absolute atomic E-state index is 5.86. The molecule has 0 fully saturated rings. The summed E-state index contributed by atoms with van der Waals surface area (Å²) in [6.45, 7) is 1.95. The lowest BCUT2D eigenvalue weighted by molar-refractivity contribution is 0.752. The van der Waals surface area contributed by atoms with E-state index < -0.39 is 0 Å². The summed E-state index contributed by atoms with van der Waals surface area (Å²) >= 11 is 3.44. The van der Waals surface area contributed by atoms with Gasteiger partial charge >= 0.3 is 0 Å². The number of imidazole rings is 1. The molecular formula is C11H12BrN3. The Balaban J connectivity index is 2.49. The molecule has 0 saturated carbocycles. The van der Waals surface area contributed by atoms with Crippen molar-refractivity contribution in [1.82, 2.24) is 9.55 Å². The maximum atomic E-state index is 5.86. The van der Waals surface area contributed by atoms with Gasteiger partial charge in [0.15, 0.2) is 0 Å². The lowest BCUT2D eigenvalue weighted by atomic mass is 10.2. The van der Waals surface area contributed by atoms with Crippen LogP contribution in [0.5, 0.6) is 0 Å². The zero-order valence-corrected chi connectivity index (χ0v) is 9.98. The Hall–Kier alpha value is -1.13. The van der Waals surface area contributed by atoms with Crippen molar-refractivity contribution in [1.29, 1.82) is 0 Å². The van der Waals surface area contributed by atoms with E-state index in [1.165, 1.54) is 0 Å². The van der Waals surface area contributed by atoms with E-state index in [-0.39, 0.29) is 6.04 Å². The van der Waals surface area contributed by atoms with Crippen LogP contribution in [0.3, 0.4) is 0 Å². The minimum atomic E-state index is -0.0218. The number of hydrogen-bond donors (Lipinski definition) is 1. The molecule has 2 rings (SSSR count). The summed E-state index contributed by atoms with van der Waals surface area (Å²) in [7, 11) is 0. The van der Waals surface area contributed by atoms with Crippen molar-refractivity contribution in [2.45, 2.75) is 13.0 Å². The minimum Gasteiger partial charge on any atom is -0.323 e. The Morgan fingerprint density at radius 3 is 2.93 bits per heavy atom. The van der Waals surface area contributed by atoms with Crippen LogP contribution in [-0.2, 0) is 0 Å². The first kappa shape index (κ1) is 10.4. The summed E-state index contributed by atoms with van der Waals surface area (Å²) in [5, 5.41) is 0. The van der Waals surface area contributed by atoms with Gasteiger partial charge in [0, 0.05) is 16.2 Å². The Morgan fingerprint density at radius 2 is 2.27 bits per heavy atom. The highest BCUT2D eigenvalue weighted by Gasteiger charge is 2.07. The van der Waals surface area contributed by atoms with Gasteiger partial charge in [-0.2, -0.15) is 0 Å². The molecule has 4 heteroatoms. The SMILES string of the molecule is C[C@H](N)c1cncn1-c1cccc(Br)c1. The lowest BCUT2D eigenvalue weighted by Crippen LogP contribution is -2.10. The van der Waals surface area contributed by atoms with Crippen LogP contribution in [0.2, 0.25) is 0 Å². The smallest absolute Gasteiger partial charge is 0.0994 e. The zero-order chi connectivity index (χ0) is 10.8. The summed E-state index contributed by atoms with van der Waals surface area (Å²) in [5.41, 5.74) is 7.93. The van der Waals surface area contributed by atoms with Crippen molar-refractivity contribution in [3.05, 3.63) is 47.0 Å². The van der Waals surface area contributed by atoms with Crippen LogP contribution in [-0.4, -0.2) is 9.55 Å². The van der Waals surface area contributed by atoms with Gasteiger partial charge in [-0.05, 0) is 25.1 Å². The molecule has 1 aromatic heterocycles. The minimum absolute atomic E-state index is 0.0218. The molecule has 1 heterocycles. The largest absolute Gasteiger partial charge is 0.323 e. The first-order valence-electron chi connectivity index (χ1n) is 4.72. The van der Waals surface area contributed by atoms with E-state index in [2.05, 4.69) is 20.9 Å². The molecule has 3 nitrogen and oxygen atoms in total. The van der Waals surface area contributed by atoms with Crippen LogP contribution in [0.4, 0.5) is 0 Å². The van der Waals surface area contributed by atoms with Crippen LogP contribution < -0.4 is 5.73 Å². The zero-order valence-electron chi connectivity index (χ0n) is 8.39. The van der Waals surface area contributed by atoms with Crippen LogP contribution in [0.1, 0.15) is 18.7 Å². The van der Waals surface area contributed by atoms with Gasteiger partial charge in [0.05, 0.1) is 18.2 Å². The van der Waals surface area contributed by atoms with Crippen LogP contribution in [0.25, 0.3) is 5.69 Å². The van der Waals surface area contributed by atoms with E-state index in [0.29, 0.717) is 0 Å². The van der Waals surface area contributed by atoms with Crippen molar-refractivity contribution in [2.24, 2.45) is 5.73 Å². The molecule has 2 aromatic rings. The summed E-state index contributed by atoms with van der Waals surface area (Å²) in [5.74, 6) is 0. The Bertz CT molecular complexity index is 462. The summed E-state index contributed by atoms with van der Waals surface area (Å²) in [6, 6.07) is 8.02. The van der Waals surface area contributed by atoms with E-state index >= 15 is 0 Å². The van der Waals surface area contributed by atoms with E-state index in [0.717, 1.165) is 15.9 Å². The fourth-order valence-corrected chi connectivity index (χ4v) is 1.87. The van der Waals surface area contributed by atoms with E-state index in [1.807, 2.05) is 35.8 Å². The third-order valence-electron chi connectivity index (χ3n) is 2.22. The van der Waals surface area contributed by atoms with Gasteiger partial charge in [-0.25, -0.2) is 4.98 Å². The number of nitrogens with two attached hydrogens (primary N) is 1. The fraction of sp³-hybridized carbons (Fsp3) is 0.182. The van der Waals surface area contributed by atoms with Gasteiger partial charge in [0.25, 0.3) is 0 Å². The van der Waals surface area contributed by atoms with Gasteiger partial charge in [-0.15, -0.1) is 0 Å². The number of aromatic nitrogens is 2. The highest BCUT2D eigenvalue weighted by Crippen LogP contribution is 2.19. The molecule has 0 bridgehead atoms. The van der Waals surface area contributed by atoms with E-state index in [4.69, 9.17) is 5.73 Å². The van der Waals surface area contributed by atoms with Crippen molar-refractivity contribution in [3.8, 4) is 5.69 Å². The van der Waals surface area contributed by atoms with Crippen molar-refractivity contribution in [3.63, 3.8) is 0 Å². The molecule has 0 spiro atoms. The van der Waals surface area contributed by atoms with Crippen LogP contribution >= 0.6 is 15.9 Å². The predicted molar refractivity (Wildman–Crippen MR) is 63.9 cm³/mol. The molecule has 0 amide bonds. The molecule has 1 atom stereocenters. The number of nitrogens with zero attached hydrogens (tertiary/aromatic N) is 2. The van der Waals surface area contributed by atoms with Gasteiger partial charge in [0.2, 0.25) is 0 Å². The molecule has 2 N–H and O–H groups in total. The summed E-state index contributed by atoms with van der Waals surface area (Å²) in [4.78, 5) is 4.12. The Morgan fingerprint density at radius 1 is 1.47 bits per heavy atom.